The van der Waals surface area contributed by atoms with Crippen molar-refractivity contribution in [1.82, 2.24) is 24.7 Å². The van der Waals surface area contributed by atoms with Crippen LogP contribution in [0, 0.1) is 0 Å². The molecule has 2 aromatic rings. The van der Waals surface area contributed by atoms with Crippen molar-refractivity contribution in [2.75, 3.05) is 32.7 Å². The van der Waals surface area contributed by atoms with Crippen LogP contribution < -0.4 is 10.9 Å². The summed E-state index contributed by atoms with van der Waals surface area (Å²) in [7, 11) is 0. The first-order valence-corrected chi connectivity index (χ1v) is 11.4. The molecule has 5 rings (SSSR count). The number of rotatable bonds is 4. The molecule has 1 saturated carbocycles. The summed E-state index contributed by atoms with van der Waals surface area (Å²) in [5.74, 6) is 0.867. The third-order valence-electron chi connectivity index (χ3n) is 6.53. The van der Waals surface area contributed by atoms with Crippen molar-refractivity contribution in [3.05, 3.63) is 39.9 Å². The molecule has 0 radical (unpaired) electrons. The average Bonchev–Trinajstić information content (AvgIpc) is 3.60. The summed E-state index contributed by atoms with van der Waals surface area (Å²) in [6, 6.07) is 5.63. The van der Waals surface area contributed by atoms with Gasteiger partial charge in [-0.1, -0.05) is 6.42 Å². The van der Waals surface area contributed by atoms with E-state index < -0.39 is 0 Å². The fourth-order valence-electron chi connectivity index (χ4n) is 4.55. The van der Waals surface area contributed by atoms with Crippen LogP contribution in [0.5, 0.6) is 0 Å². The lowest BCUT2D eigenvalue weighted by Crippen LogP contribution is -2.51. The first-order valence-electron chi connectivity index (χ1n) is 11.4. The van der Waals surface area contributed by atoms with Gasteiger partial charge in [-0.25, -0.2) is 4.98 Å². The predicted octanol–water partition coefficient (Wildman–Crippen LogP) is 1.16. The van der Waals surface area contributed by atoms with E-state index in [9.17, 15) is 14.4 Å². The number of carbonyl (C=O) groups excluding carboxylic acids is 2. The van der Waals surface area contributed by atoms with Crippen molar-refractivity contribution < 1.29 is 9.59 Å². The summed E-state index contributed by atoms with van der Waals surface area (Å²) in [4.78, 5) is 46.6. The molecule has 1 aromatic carbocycles. The quantitative estimate of drug-likeness (QED) is 0.797. The third kappa shape index (κ3) is 4.35. The second-order valence-corrected chi connectivity index (χ2v) is 8.94. The first kappa shape index (κ1) is 20.2. The molecule has 1 saturated heterocycles. The van der Waals surface area contributed by atoms with Gasteiger partial charge in [0.25, 0.3) is 11.5 Å². The zero-order valence-electron chi connectivity index (χ0n) is 17.8. The molecule has 164 valence electrons. The van der Waals surface area contributed by atoms with Crippen LogP contribution in [0.4, 0.5) is 0 Å². The molecule has 2 fully saturated rings. The number of nitrogens with zero attached hydrogens (tertiary/aromatic N) is 4. The van der Waals surface area contributed by atoms with E-state index >= 15 is 0 Å². The van der Waals surface area contributed by atoms with Crippen LogP contribution in [0.2, 0.25) is 0 Å². The number of hydrogen-bond acceptors (Lipinski definition) is 5. The van der Waals surface area contributed by atoms with Crippen LogP contribution >= 0.6 is 0 Å². The number of fused-ring (bicyclic) bond motifs is 2. The monoisotopic (exact) mass is 423 g/mol. The van der Waals surface area contributed by atoms with Crippen LogP contribution in [-0.4, -0.2) is 69.9 Å². The van der Waals surface area contributed by atoms with Crippen molar-refractivity contribution in [1.29, 1.82) is 0 Å². The van der Waals surface area contributed by atoms with E-state index in [1.807, 2.05) is 4.90 Å². The number of hydrogen-bond donors (Lipinski definition) is 1. The number of aryl methyl sites for hydroxylation is 1. The molecular formula is C23H29N5O3. The molecule has 1 N–H and O–H groups in total. The van der Waals surface area contributed by atoms with E-state index in [4.69, 9.17) is 4.98 Å². The Balaban J connectivity index is 1.27. The Labute approximate surface area is 181 Å². The molecule has 3 aliphatic rings. The van der Waals surface area contributed by atoms with Gasteiger partial charge in [0, 0.05) is 50.7 Å². The highest BCUT2D eigenvalue weighted by Crippen LogP contribution is 2.19. The Morgan fingerprint density at radius 3 is 2.61 bits per heavy atom. The van der Waals surface area contributed by atoms with Gasteiger partial charge in [-0.15, -0.1) is 0 Å². The first-order chi connectivity index (χ1) is 15.1. The Morgan fingerprint density at radius 2 is 1.84 bits per heavy atom. The van der Waals surface area contributed by atoms with Gasteiger partial charge >= 0.3 is 0 Å². The molecule has 0 bridgehead atoms. The lowest BCUT2D eigenvalue weighted by molar-refractivity contribution is -0.122. The minimum absolute atomic E-state index is 0.000937. The second kappa shape index (κ2) is 8.42. The fraction of sp³-hybridized carbons (Fsp3) is 0.565. The molecule has 1 aromatic heterocycles. The van der Waals surface area contributed by atoms with E-state index in [0.717, 1.165) is 50.9 Å². The third-order valence-corrected chi connectivity index (χ3v) is 6.53. The summed E-state index contributed by atoms with van der Waals surface area (Å²) < 4.78 is 1.80. The molecule has 0 unspecified atom stereocenters. The number of amides is 2. The largest absolute Gasteiger partial charge is 0.352 e. The van der Waals surface area contributed by atoms with Gasteiger partial charge in [0.15, 0.2) is 0 Å². The maximum Gasteiger partial charge on any atom is 0.261 e. The molecule has 31 heavy (non-hydrogen) atoms. The van der Waals surface area contributed by atoms with Crippen LogP contribution in [0.15, 0.2) is 23.0 Å². The maximum atomic E-state index is 13.1. The van der Waals surface area contributed by atoms with Crippen LogP contribution in [0.25, 0.3) is 10.9 Å². The molecule has 8 nitrogen and oxygen atoms in total. The van der Waals surface area contributed by atoms with Gasteiger partial charge in [0.1, 0.15) is 5.82 Å². The smallest absolute Gasteiger partial charge is 0.261 e. The van der Waals surface area contributed by atoms with Gasteiger partial charge < -0.3 is 10.2 Å². The van der Waals surface area contributed by atoms with E-state index in [0.29, 0.717) is 55.2 Å². The van der Waals surface area contributed by atoms with E-state index in [1.54, 1.807) is 22.8 Å². The number of aromatic nitrogens is 2. The Kier molecular flexibility index (Phi) is 5.48. The lowest BCUT2D eigenvalue weighted by atomic mass is 10.1. The summed E-state index contributed by atoms with van der Waals surface area (Å²) in [6.45, 7) is 3.67. The number of nitrogens with one attached hydrogen (secondary N) is 1. The number of carbonyl (C=O) groups is 2. The van der Waals surface area contributed by atoms with Crippen molar-refractivity contribution >= 4 is 22.7 Å². The Morgan fingerprint density at radius 1 is 1.03 bits per heavy atom. The SMILES string of the molecule is O=C(CN1CCN(C(=O)c2ccc3c(=O)n4c(nc3c2)CCCCC4)CC1)NC1CC1. The van der Waals surface area contributed by atoms with Gasteiger partial charge in [0.2, 0.25) is 5.91 Å². The van der Waals surface area contributed by atoms with Crippen molar-refractivity contribution in [3.63, 3.8) is 0 Å². The zero-order valence-corrected chi connectivity index (χ0v) is 17.8. The van der Waals surface area contributed by atoms with E-state index in [-0.39, 0.29) is 17.4 Å². The van der Waals surface area contributed by atoms with E-state index in [2.05, 4.69) is 10.2 Å². The van der Waals surface area contributed by atoms with Crippen molar-refractivity contribution in [2.24, 2.45) is 0 Å². The van der Waals surface area contributed by atoms with Crippen molar-refractivity contribution in [2.45, 2.75) is 51.1 Å². The normalized spacial score (nSPS) is 19.7. The molecule has 2 aliphatic heterocycles. The molecule has 3 heterocycles. The highest BCUT2D eigenvalue weighted by atomic mass is 16.2. The van der Waals surface area contributed by atoms with Gasteiger partial charge in [-0.05, 0) is 43.9 Å². The highest BCUT2D eigenvalue weighted by Gasteiger charge is 2.27. The zero-order chi connectivity index (χ0) is 21.4. The topological polar surface area (TPSA) is 87.5 Å². The molecule has 0 atom stereocenters. The summed E-state index contributed by atoms with van der Waals surface area (Å²) >= 11 is 0. The van der Waals surface area contributed by atoms with Crippen LogP contribution in [0.1, 0.15) is 48.3 Å². The maximum absolute atomic E-state index is 13.1. The molecular weight excluding hydrogens is 394 g/mol. The number of piperazine rings is 1. The minimum atomic E-state index is -0.0409. The van der Waals surface area contributed by atoms with Crippen molar-refractivity contribution in [3.8, 4) is 0 Å². The summed E-state index contributed by atoms with van der Waals surface area (Å²) in [6.07, 6.45) is 6.13. The Bertz CT molecular complexity index is 1070. The van der Waals surface area contributed by atoms with Crippen LogP contribution in [-0.2, 0) is 17.8 Å². The Hall–Kier alpha value is -2.74. The molecule has 1 aliphatic carbocycles. The standard InChI is InChI=1S/C23H29N5O3/c29-21(24-17-6-7-17)15-26-10-12-27(13-11-26)22(30)16-5-8-18-19(14-16)25-20-4-2-1-3-9-28(20)23(18)31/h5,8,14,17H,1-4,6-7,9-13,15H2,(H,24,29). The lowest BCUT2D eigenvalue weighted by Gasteiger charge is -2.34. The molecule has 8 heteroatoms. The van der Waals surface area contributed by atoms with E-state index in [1.165, 1.54) is 0 Å². The highest BCUT2D eigenvalue weighted by molar-refractivity contribution is 5.97. The minimum Gasteiger partial charge on any atom is -0.352 e. The fourth-order valence-corrected chi connectivity index (χ4v) is 4.55. The summed E-state index contributed by atoms with van der Waals surface area (Å²) in [5.41, 5.74) is 1.18. The van der Waals surface area contributed by atoms with Gasteiger partial charge in [-0.2, -0.15) is 0 Å². The average molecular weight is 424 g/mol. The molecule has 0 spiro atoms. The van der Waals surface area contributed by atoms with Crippen LogP contribution in [0.3, 0.4) is 0 Å². The van der Waals surface area contributed by atoms with Gasteiger partial charge in [-0.3, -0.25) is 23.9 Å². The number of benzene rings is 1. The second-order valence-electron chi connectivity index (χ2n) is 8.94. The summed E-state index contributed by atoms with van der Waals surface area (Å²) in [5, 5.41) is 3.59. The van der Waals surface area contributed by atoms with Gasteiger partial charge in [0.05, 0.1) is 17.4 Å². The predicted molar refractivity (Wildman–Crippen MR) is 117 cm³/mol. The molecule has 2 amide bonds.